The number of benzene rings is 2. The van der Waals surface area contributed by atoms with Crippen LogP contribution in [-0.4, -0.2) is 43.8 Å². The van der Waals surface area contributed by atoms with Gasteiger partial charge in [-0.2, -0.15) is 4.31 Å². The lowest BCUT2D eigenvalue weighted by molar-refractivity contribution is 0.102. The minimum atomic E-state index is -3.58. The predicted molar refractivity (Wildman–Crippen MR) is 122 cm³/mol. The number of ether oxygens (including phenoxy) is 1. The van der Waals surface area contributed by atoms with Gasteiger partial charge in [-0.25, -0.2) is 13.4 Å². The molecule has 1 saturated heterocycles. The monoisotopic (exact) mass is 459 g/mol. The Morgan fingerprint density at radius 2 is 1.81 bits per heavy atom. The van der Waals surface area contributed by atoms with Crippen molar-refractivity contribution >= 4 is 42.6 Å². The highest BCUT2D eigenvalue weighted by molar-refractivity contribution is 7.89. The van der Waals surface area contributed by atoms with Gasteiger partial charge in [0.05, 0.1) is 16.7 Å². The lowest BCUT2D eigenvalue weighted by atomic mass is 9.94. The first-order chi connectivity index (χ1) is 14.8. The highest BCUT2D eigenvalue weighted by Crippen LogP contribution is 2.32. The fraction of sp³-hybridized carbons (Fsp3) is 0.364. The van der Waals surface area contributed by atoms with E-state index in [1.807, 2.05) is 18.2 Å². The Morgan fingerprint density at radius 1 is 1.13 bits per heavy atom. The first-order valence-corrected chi connectivity index (χ1v) is 12.4. The van der Waals surface area contributed by atoms with Crippen molar-refractivity contribution in [3.05, 3.63) is 48.0 Å². The summed E-state index contributed by atoms with van der Waals surface area (Å²) in [5.74, 6) is 0.958. The van der Waals surface area contributed by atoms with Gasteiger partial charge in [0.1, 0.15) is 11.3 Å². The summed E-state index contributed by atoms with van der Waals surface area (Å²) in [6.45, 7) is 5.19. The van der Waals surface area contributed by atoms with Gasteiger partial charge in [-0.15, -0.1) is 0 Å². The lowest BCUT2D eigenvalue weighted by Gasteiger charge is -2.34. The third kappa shape index (κ3) is 4.44. The van der Waals surface area contributed by atoms with E-state index in [0.29, 0.717) is 46.9 Å². The first kappa shape index (κ1) is 21.7. The number of para-hydroxylation sites is 1. The van der Waals surface area contributed by atoms with Gasteiger partial charge in [0.2, 0.25) is 10.0 Å². The van der Waals surface area contributed by atoms with Crippen LogP contribution < -0.4 is 10.1 Å². The number of carbonyl (C=O) groups is 1. The summed E-state index contributed by atoms with van der Waals surface area (Å²) >= 11 is 1.35. The van der Waals surface area contributed by atoms with Crippen LogP contribution in [0, 0.1) is 11.8 Å². The Labute approximate surface area is 186 Å². The number of anilines is 1. The number of nitrogens with one attached hydrogen (secondary N) is 1. The highest BCUT2D eigenvalue weighted by Gasteiger charge is 2.31. The van der Waals surface area contributed by atoms with E-state index in [9.17, 15) is 13.2 Å². The number of amides is 1. The Hall–Kier alpha value is -2.49. The molecule has 7 nitrogen and oxygen atoms in total. The molecule has 1 N–H and O–H groups in total. The van der Waals surface area contributed by atoms with Gasteiger partial charge in [0, 0.05) is 18.7 Å². The Kier molecular flexibility index (Phi) is 6.00. The predicted octanol–water partition coefficient (Wildman–Crippen LogP) is 4.22. The number of rotatable bonds is 5. The number of sulfonamides is 1. The summed E-state index contributed by atoms with van der Waals surface area (Å²) in [5, 5.41) is 3.24. The quantitative estimate of drug-likeness (QED) is 0.617. The molecule has 9 heteroatoms. The van der Waals surface area contributed by atoms with Crippen molar-refractivity contribution in [1.29, 1.82) is 0 Å². The van der Waals surface area contributed by atoms with Crippen LogP contribution in [0.4, 0.5) is 5.13 Å². The summed E-state index contributed by atoms with van der Waals surface area (Å²) in [7, 11) is -2.00. The number of piperidine rings is 1. The van der Waals surface area contributed by atoms with E-state index in [-0.39, 0.29) is 10.8 Å². The Bertz CT molecular complexity index is 1200. The standard InChI is InChI=1S/C22H25N3O4S2/c1-14-11-15(2)13-25(12-14)31(27,28)17-9-7-16(8-10-17)21(26)24-22-23-20-18(29-3)5-4-6-19(20)30-22/h4-10,14-15H,11-13H2,1-3H3,(H,23,24,26)/t14-,15-/m1/s1. The van der Waals surface area contributed by atoms with Crippen molar-refractivity contribution in [2.75, 3.05) is 25.5 Å². The normalized spacial score (nSPS) is 20.0. The number of aromatic nitrogens is 1. The third-order valence-corrected chi connectivity index (χ3v) is 8.19. The molecule has 1 aromatic heterocycles. The molecule has 0 aliphatic carbocycles. The zero-order valence-corrected chi connectivity index (χ0v) is 19.3. The molecule has 1 amide bonds. The number of thiazole rings is 1. The van der Waals surface area contributed by atoms with Crippen LogP contribution >= 0.6 is 11.3 Å². The zero-order chi connectivity index (χ0) is 22.2. The van der Waals surface area contributed by atoms with Gasteiger partial charge in [-0.05, 0) is 54.7 Å². The van der Waals surface area contributed by atoms with E-state index in [2.05, 4.69) is 24.1 Å². The second kappa shape index (κ2) is 8.57. The van der Waals surface area contributed by atoms with E-state index in [1.54, 1.807) is 11.4 Å². The Morgan fingerprint density at radius 3 is 2.45 bits per heavy atom. The number of fused-ring (bicyclic) bond motifs is 1. The highest BCUT2D eigenvalue weighted by atomic mass is 32.2. The second-order valence-corrected chi connectivity index (χ2v) is 11.0. The van der Waals surface area contributed by atoms with Gasteiger partial charge in [-0.1, -0.05) is 31.3 Å². The zero-order valence-electron chi connectivity index (χ0n) is 17.7. The van der Waals surface area contributed by atoms with Crippen LogP contribution in [0.3, 0.4) is 0 Å². The molecular weight excluding hydrogens is 434 g/mol. The molecule has 164 valence electrons. The summed E-state index contributed by atoms with van der Waals surface area (Å²) in [6, 6.07) is 11.7. The maximum atomic E-state index is 13.0. The molecule has 0 radical (unpaired) electrons. The van der Waals surface area contributed by atoms with Crippen molar-refractivity contribution in [3.63, 3.8) is 0 Å². The molecule has 1 aliphatic heterocycles. The van der Waals surface area contributed by atoms with Gasteiger partial charge in [-0.3, -0.25) is 10.1 Å². The first-order valence-electron chi connectivity index (χ1n) is 10.1. The fourth-order valence-electron chi connectivity index (χ4n) is 4.04. The smallest absolute Gasteiger partial charge is 0.257 e. The van der Waals surface area contributed by atoms with Crippen LogP contribution in [0.15, 0.2) is 47.4 Å². The molecule has 31 heavy (non-hydrogen) atoms. The number of nitrogens with zero attached hydrogens (tertiary/aromatic N) is 2. The molecule has 4 rings (SSSR count). The SMILES string of the molecule is COc1cccc2sc(NC(=O)c3ccc(S(=O)(=O)N4C[C@H](C)C[C@@H](C)C4)cc3)nc12. The van der Waals surface area contributed by atoms with E-state index < -0.39 is 10.0 Å². The summed E-state index contributed by atoms with van der Waals surface area (Å²) in [5.41, 5.74) is 1.06. The minimum Gasteiger partial charge on any atom is -0.494 e. The average molecular weight is 460 g/mol. The summed E-state index contributed by atoms with van der Waals surface area (Å²) < 4.78 is 33.8. The van der Waals surface area contributed by atoms with E-state index in [1.165, 1.54) is 35.6 Å². The molecule has 0 spiro atoms. The van der Waals surface area contributed by atoms with Crippen LogP contribution in [0.25, 0.3) is 10.2 Å². The number of hydrogen-bond donors (Lipinski definition) is 1. The molecular formula is C22H25N3O4S2. The second-order valence-electron chi connectivity index (χ2n) is 8.07. The molecule has 2 heterocycles. The molecule has 1 fully saturated rings. The van der Waals surface area contributed by atoms with Crippen molar-refractivity contribution < 1.29 is 17.9 Å². The lowest BCUT2D eigenvalue weighted by Crippen LogP contribution is -2.42. The average Bonchev–Trinajstić information content (AvgIpc) is 3.15. The number of methoxy groups -OCH3 is 1. The maximum Gasteiger partial charge on any atom is 0.257 e. The molecule has 2 aromatic carbocycles. The topological polar surface area (TPSA) is 88.6 Å². The van der Waals surface area contributed by atoms with Crippen molar-refractivity contribution in [3.8, 4) is 5.75 Å². The number of hydrogen-bond acceptors (Lipinski definition) is 6. The van der Waals surface area contributed by atoms with Crippen LogP contribution in [0.2, 0.25) is 0 Å². The molecule has 0 saturated carbocycles. The molecule has 3 aromatic rings. The summed E-state index contributed by atoms with van der Waals surface area (Å²) in [4.78, 5) is 17.3. The van der Waals surface area contributed by atoms with Gasteiger partial charge < -0.3 is 4.74 Å². The Balaban J connectivity index is 1.51. The third-order valence-electron chi connectivity index (χ3n) is 5.41. The van der Waals surface area contributed by atoms with Gasteiger partial charge in [0.25, 0.3) is 5.91 Å². The van der Waals surface area contributed by atoms with Crippen LogP contribution in [0.1, 0.15) is 30.6 Å². The largest absolute Gasteiger partial charge is 0.494 e. The molecule has 0 bridgehead atoms. The summed E-state index contributed by atoms with van der Waals surface area (Å²) in [6.07, 6.45) is 1.03. The fourth-order valence-corrected chi connectivity index (χ4v) is 6.60. The van der Waals surface area contributed by atoms with Crippen molar-refractivity contribution in [2.24, 2.45) is 11.8 Å². The van der Waals surface area contributed by atoms with E-state index >= 15 is 0 Å². The van der Waals surface area contributed by atoms with E-state index in [4.69, 9.17) is 4.74 Å². The molecule has 2 atom stereocenters. The maximum absolute atomic E-state index is 13.0. The van der Waals surface area contributed by atoms with Crippen LogP contribution in [0.5, 0.6) is 5.75 Å². The van der Waals surface area contributed by atoms with Crippen molar-refractivity contribution in [1.82, 2.24) is 9.29 Å². The van der Waals surface area contributed by atoms with Gasteiger partial charge in [0.15, 0.2) is 5.13 Å². The minimum absolute atomic E-state index is 0.204. The molecule has 1 aliphatic rings. The van der Waals surface area contributed by atoms with Crippen molar-refractivity contribution in [2.45, 2.75) is 25.2 Å². The van der Waals surface area contributed by atoms with Crippen LogP contribution in [-0.2, 0) is 10.0 Å². The van der Waals surface area contributed by atoms with E-state index in [0.717, 1.165) is 11.1 Å². The van der Waals surface area contributed by atoms with Gasteiger partial charge >= 0.3 is 0 Å². The molecule has 0 unspecified atom stereocenters. The number of carbonyl (C=O) groups excluding carboxylic acids is 1.